The van der Waals surface area contributed by atoms with Gasteiger partial charge in [0.25, 0.3) is 0 Å². The van der Waals surface area contributed by atoms with Crippen molar-refractivity contribution in [1.82, 2.24) is 5.06 Å². The maximum atomic E-state index is 5.91. The van der Waals surface area contributed by atoms with Crippen molar-refractivity contribution in [2.45, 2.75) is 25.4 Å². The molecule has 19 heavy (non-hydrogen) atoms. The van der Waals surface area contributed by atoms with Crippen LogP contribution in [0.15, 0.2) is 28.7 Å². The van der Waals surface area contributed by atoms with Crippen molar-refractivity contribution in [1.29, 1.82) is 0 Å². The minimum Gasteiger partial charge on any atom is -0.353 e. The molecule has 0 aromatic heterocycles. The lowest BCUT2D eigenvalue weighted by Gasteiger charge is -2.23. The zero-order valence-electron chi connectivity index (χ0n) is 11.1. The van der Waals surface area contributed by atoms with Crippen LogP contribution in [0, 0.1) is 5.92 Å². The van der Waals surface area contributed by atoms with E-state index in [0.717, 1.165) is 4.47 Å². The number of rotatable bonds is 1. The molecule has 0 amide bonds. The van der Waals surface area contributed by atoms with Gasteiger partial charge in [-0.1, -0.05) is 28.1 Å². The van der Waals surface area contributed by atoms with Crippen molar-refractivity contribution in [3.8, 4) is 0 Å². The van der Waals surface area contributed by atoms with Crippen LogP contribution in [-0.2, 0) is 14.3 Å². The van der Waals surface area contributed by atoms with Crippen molar-refractivity contribution in [3.05, 3.63) is 34.3 Å². The van der Waals surface area contributed by atoms with E-state index in [4.69, 9.17) is 14.3 Å². The number of halogens is 1. The molecule has 2 saturated heterocycles. The average Bonchev–Trinajstić information content (AvgIpc) is 2.60. The van der Waals surface area contributed by atoms with Gasteiger partial charge in [-0.2, -0.15) is 5.06 Å². The Morgan fingerprint density at radius 2 is 1.84 bits per heavy atom. The molecule has 2 fully saturated rings. The largest absolute Gasteiger partial charge is 0.353 e. The molecule has 2 heterocycles. The summed E-state index contributed by atoms with van der Waals surface area (Å²) in [5.41, 5.74) is 1.25. The second kappa shape index (κ2) is 5.50. The highest BCUT2D eigenvalue weighted by molar-refractivity contribution is 9.10. The van der Waals surface area contributed by atoms with Crippen molar-refractivity contribution < 1.29 is 14.3 Å². The van der Waals surface area contributed by atoms with Gasteiger partial charge >= 0.3 is 0 Å². The highest BCUT2D eigenvalue weighted by Crippen LogP contribution is 2.40. The number of ether oxygens (including phenoxy) is 2. The summed E-state index contributed by atoms with van der Waals surface area (Å²) in [4.78, 5) is 5.91. The number of nitrogens with zero attached hydrogens (tertiary/aromatic N) is 1. The molecular weight excluding hydrogens is 310 g/mol. The quantitative estimate of drug-likeness (QED) is 0.793. The molecule has 1 aromatic rings. The van der Waals surface area contributed by atoms with Crippen LogP contribution >= 0.6 is 15.9 Å². The third-order valence-corrected chi connectivity index (χ3v) is 4.34. The Labute approximate surface area is 121 Å². The summed E-state index contributed by atoms with van der Waals surface area (Å²) >= 11 is 3.47. The molecule has 5 heteroatoms. The zero-order valence-corrected chi connectivity index (χ0v) is 12.7. The fraction of sp³-hybridized carbons (Fsp3) is 0.571. The minimum atomic E-state index is -0.148. The van der Waals surface area contributed by atoms with Gasteiger partial charge in [0.05, 0.1) is 19.3 Å². The maximum absolute atomic E-state index is 5.91. The van der Waals surface area contributed by atoms with Gasteiger partial charge in [-0.3, -0.25) is 4.84 Å². The van der Waals surface area contributed by atoms with Crippen LogP contribution in [0.2, 0.25) is 0 Å². The van der Waals surface area contributed by atoms with Gasteiger partial charge in [0, 0.05) is 17.4 Å². The summed E-state index contributed by atoms with van der Waals surface area (Å²) in [6.07, 6.45) is -0.0753. The Morgan fingerprint density at radius 1 is 1.16 bits per heavy atom. The summed E-state index contributed by atoms with van der Waals surface area (Å²) < 4.78 is 12.4. The van der Waals surface area contributed by atoms with Crippen molar-refractivity contribution >= 4 is 15.9 Å². The topological polar surface area (TPSA) is 30.9 Å². The van der Waals surface area contributed by atoms with Crippen LogP contribution < -0.4 is 0 Å². The third kappa shape index (κ3) is 2.71. The van der Waals surface area contributed by atoms with Gasteiger partial charge in [-0.05, 0) is 24.6 Å². The lowest BCUT2D eigenvalue weighted by atomic mass is 9.90. The van der Waals surface area contributed by atoms with E-state index >= 15 is 0 Å². The molecule has 1 aromatic carbocycles. The highest BCUT2D eigenvalue weighted by atomic mass is 79.9. The Balaban J connectivity index is 1.85. The second-order valence-corrected chi connectivity index (χ2v) is 6.00. The first-order valence-corrected chi connectivity index (χ1v) is 7.32. The van der Waals surface area contributed by atoms with Gasteiger partial charge in [-0.15, -0.1) is 0 Å². The molecule has 0 spiro atoms. The summed E-state index contributed by atoms with van der Waals surface area (Å²) in [6, 6.07) is 8.60. The summed E-state index contributed by atoms with van der Waals surface area (Å²) in [5, 5.41) is 1.93. The van der Waals surface area contributed by atoms with Gasteiger partial charge in [0.1, 0.15) is 6.10 Å². The van der Waals surface area contributed by atoms with E-state index in [0.29, 0.717) is 19.1 Å². The van der Waals surface area contributed by atoms with Crippen molar-refractivity contribution in [3.63, 3.8) is 0 Å². The number of hydrogen-bond donors (Lipinski definition) is 0. The Bertz CT molecular complexity index is 439. The second-order valence-electron chi connectivity index (χ2n) is 5.08. The molecule has 2 aliphatic rings. The Kier molecular flexibility index (Phi) is 3.91. The number of hydroxylamine groups is 2. The fourth-order valence-electron chi connectivity index (χ4n) is 2.82. The lowest BCUT2D eigenvalue weighted by molar-refractivity contribution is -0.180. The van der Waals surface area contributed by atoms with E-state index in [1.165, 1.54) is 5.56 Å². The predicted molar refractivity (Wildman–Crippen MR) is 74.4 cm³/mol. The van der Waals surface area contributed by atoms with Gasteiger partial charge < -0.3 is 9.47 Å². The van der Waals surface area contributed by atoms with Gasteiger partial charge in [0.2, 0.25) is 0 Å². The van der Waals surface area contributed by atoms with Gasteiger partial charge in [-0.25, -0.2) is 0 Å². The standard InChI is InChI=1S/C14H18BrNO3/c1-9-17-7-12-13(8-18-9)19-16(2)14(12)10-3-5-11(15)6-4-10/h3-6,9,12-14H,7-8H2,1-2H3/t9-,12-,13-,14+/m0/s1. The molecule has 4 nitrogen and oxygen atoms in total. The molecule has 0 saturated carbocycles. The van der Waals surface area contributed by atoms with Crippen molar-refractivity contribution in [2.24, 2.45) is 5.92 Å². The molecule has 3 rings (SSSR count). The van der Waals surface area contributed by atoms with Crippen LogP contribution in [0.3, 0.4) is 0 Å². The molecule has 104 valence electrons. The first-order valence-electron chi connectivity index (χ1n) is 6.53. The molecule has 2 aliphatic heterocycles. The molecule has 0 bridgehead atoms. The Hall–Kier alpha value is -0.460. The van der Waals surface area contributed by atoms with Gasteiger partial charge in [0.15, 0.2) is 6.29 Å². The summed E-state index contributed by atoms with van der Waals surface area (Å²) in [5.74, 6) is 0.302. The van der Waals surface area contributed by atoms with Crippen LogP contribution in [-0.4, -0.2) is 37.7 Å². The minimum absolute atomic E-state index is 0.0728. The smallest absolute Gasteiger partial charge is 0.154 e. The van der Waals surface area contributed by atoms with E-state index in [1.54, 1.807) is 0 Å². The molecule has 4 atom stereocenters. The summed E-state index contributed by atoms with van der Waals surface area (Å²) in [6.45, 7) is 3.18. The lowest BCUT2D eigenvalue weighted by Crippen LogP contribution is -2.25. The predicted octanol–water partition coefficient (Wildman–Crippen LogP) is 2.74. The fourth-order valence-corrected chi connectivity index (χ4v) is 3.09. The number of hydrogen-bond acceptors (Lipinski definition) is 4. The first-order chi connectivity index (χ1) is 9.15. The molecule has 0 N–H and O–H groups in total. The normalized spacial score (nSPS) is 35.9. The van der Waals surface area contributed by atoms with E-state index in [1.807, 2.05) is 19.0 Å². The SMILES string of the molecule is C[C@H]1OC[C@H]2[C@H](CO1)ON(C)[C@@H]2c1ccc(Br)cc1. The van der Waals surface area contributed by atoms with E-state index < -0.39 is 0 Å². The average molecular weight is 328 g/mol. The number of benzene rings is 1. The van der Waals surface area contributed by atoms with Crippen LogP contribution in [0.25, 0.3) is 0 Å². The number of fused-ring (bicyclic) bond motifs is 1. The van der Waals surface area contributed by atoms with E-state index in [9.17, 15) is 0 Å². The maximum Gasteiger partial charge on any atom is 0.154 e. The monoisotopic (exact) mass is 327 g/mol. The van der Waals surface area contributed by atoms with E-state index in [2.05, 4.69) is 40.2 Å². The molecular formula is C14H18BrNO3. The molecule has 0 aliphatic carbocycles. The zero-order chi connectivity index (χ0) is 13.4. The van der Waals surface area contributed by atoms with Crippen LogP contribution in [0.1, 0.15) is 18.5 Å². The Morgan fingerprint density at radius 3 is 2.58 bits per heavy atom. The molecule has 0 radical (unpaired) electrons. The molecule has 0 unspecified atom stereocenters. The highest BCUT2D eigenvalue weighted by Gasteiger charge is 2.44. The van der Waals surface area contributed by atoms with Crippen LogP contribution in [0.4, 0.5) is 0 Å². The van der Waals surface area contributed by atoms with Crippen LogP contribution in [0.5, 0.6) is 0 Å². The van der Waals surface area contributed by atoms with Crippen molar-refractivity contribution in [2.75, 3.05) is 20.3 Å². The summed E-state index contributed by atoms with van der Waals surface area (Å²) in [7, 11) is 1.98. The third-order valence-electron chi connectivity index (χ3n) is 3.81. The first kappa shape index (κ1) is 13.5. The van der Waals surface area contributed by atoms with E-state index in [-0.39, 0.29) is 18.4 Å².